The normalized spacial score (nSPS) is 16.1. The van der Waals surface area contributed by atoms with E-state index in [0.717, 1.165) is 7.11 Å². The zero-order valence-electron chi connectivity index (χ0n) is 13.3. The molecule has 1 aromatic rings. The zero-order chi connectivity index (χ0) is 18.3. The molecular formula is C14H17F3N2O4S. The summed E-state index contributed by atoms with van der Waals surface area (Å²) in [4.78, 5) is 19.1. The number of aromatic nitrogens is 2. The third-order valence-corrected chi connectivity index (χ3v) is 5.91. The van der Waals surface area contributed by atoms with Crippen LogP contribution in [0.3, 0.4) is 0 Å². The summed E-state index contributed by atoms with van der Waals surface area (Å²) in [7, 11) is -2.49. The van der Waals surface area contributed by atoms with Gasteiger partial charge in [0, 0.05) is 0 Å². The Morgan fingerprint density at radius 3 is 2.25 bits per heavy atom. The number of sulfone groups is 1. The van der Waals surface area contributed by atoms with Gasteiger partial charge in [-0.25, -0.2) is 18.4 Å². The summed E-state index contributed by atoms with van der Waals surface area (Å²) in [6.45, 7) is 2.70. The molecule has 1 saturated carbocycles. The van der Waals surface area contributed by atoms with Crippen LogP contribution in [0.5, 0.6) is 0 Å². The molecule has 0 aliphatic heterocycles. The van der Waals surface area contributed by atoms with Crippen LogP contribution >= 0.6 is 0 Å². The van der Waals surface area contributed by atoms with E-state index in [2.05, 4.69) is 14.7 Å². The Morgan fingerprint density at radius 1 is 1.25 bits per heavy atom. The standard InChI is InChI=1S/C14H17F3N2O4S/c1-13(2,12(20)23-3)9-6-10(14(15,16)17)19-11(18-9)7-24(21,22)8-4-5-8/h6,8H,4-5,7H2,1-3H3. The molecule has 24 heavy (non-hydrogen) atoms. The molecule has 0 radical (unpaired) electrons. The second-order valence-electron chi connectivity index (χ2n) is 6.18. The van der Waals surface area contributed by atoms with Crippen molar-refractivity contribution in [1.82, 2.24) is 9.97 Å². The lowest BCUT2D eigenvalue weighted by Gasteiger charge is -2.22. The maximum Gasteiger partial charge on any atom is 0.433 e. The van der Waals surface area contributed by atoms with Gasteiger partial charge in [0.25, 0.3) is 0 Å². The Labute approximate surface area is 137 Å². The average molecular weight is 366 g/mol. The van der Waals surface area contributed by atoms with Crippen molar-refractivity contribution in [2.45, 2.75) is 49.3 Å². The number of hydrogen-bond donors (Lipinski definition) is 0. The van der Waals surface area contributed by atoms with Gasteiger partial charge in [-0.2, -0.15) is 13.2 Å². The zero-order valence-corrected chi connectivity index (χ0v) is 14.2. The van der Waals surface area contributed by atoms with Gasteiger partial charge in [-0.3, -0.25) is 4.79 Å². The highest BCUT2D eigenvalue weighted by Crippen LogP contribution is 2.33. The van der Waals surface area contributed by atoms with Gasteiger partial charge in [-0.05, 0) is 32.8 Å². The number of nitrogens with zero attached hydrogens (tertiary/aromatic N) is 2. The summed E-state index contributed by atoms with van der Waals surface area (Å²) in [6, 6.07) is 0.643. The maximum absolute atomic E-state index is 13.1. The average Bonchev–Trinajstić information content (AvgIpc) is 3.29. The Morgan fingerprint density at radius 2 is 1.79 bits per heavy atom. The molecule has 1 aromatic heterocycles. The molecule has 0 atom stereocenters. The molecule has 1 fully saturated rings. The molecule has 0 bridgehead atoms. The summed E-state index contributed by atoms with van der Waals surface area (Å²) in [5.41, 5.74) is -3.00. The van der Waals surface area contributed by atoms with Crippen LogP contribution in [0, 0.1) is 0 Å². The third-order valence-electron chi connectivity index (χ3n) is 3.76. The lowest BCUT2D eigenvalue weighted by atomic mass is 9.88. The summed E-state index contributed by atoms with van der Waals surface area (Å²) in [6.07, 6.45) is -3.81. The van der Waals surface area contributed by atoms with E-state index in [-0.39, 0.29) is 5.69 Å². The van der Waals surface area contributed by atoms with Gasteiger partial charge in [0.2, 0.25) is 0 Å². The van der Waals surface area contributed by atoms with Crippen molar-refractivity contribution in [2.24, 2.45) is 0 Å². The highest BCUT2D eigenvalue weighted by Gasteiger charge is 2.40. The fourth-order valence-corrected chi connectivity index (χ4v) is 3.69. The Balaban J connectivity index is 2.51. The van der Waals surface area contributed by atoms with Crippen molar-refractivity contribution in [2.75, 3.05) is 7.11 Å². The van der Waals surface area contributed by atoms with Crippen LogP contribution in [0.4, 0.5) is 13.2 Å². The number of rotatable bonds is 5. The molecule has 2 rings (SSSR count). The Bertz CT molecular complexity index is 756. The predicted octanol–water partition coefficient (Wildman–Crippen LogP) is 2.02. The van der Waals surface area contributed by atoms with Gasteiger partial charge in [-0.1, -0.05) is 0 Å². The van der Waals surface area contributed by atoms with Gasteiger partial charge in [0.1, 0.15) is 22.7 Å². The van der Waals surface area contributed by atoms with Crippen molar-refractivity contribution in [3.63, 3.8) is 0 Å². The first kappa shape index (κ1) is 18.6. The molecule has 134 valence electrons. The lowest BCUT2D eigenvalue weighted by molar-refractivity contribution is -0.147. The van der Waals surface area contributed by atoms with Gasteiger partial charge in [0.15, 0.2) is 9.84 Å². The number of alkyl halides is 3. The minimum absolute atomic E-state index is 0.238. The quantitative estimate of drug-likeness (QED) is 0.741. The van der Waals surface area contributed by atoms with E-state index >= 15 is 0 Å². The Kier molecular flexibility index (Phi) is 4.64. The first-order valence-electron chi connectivity index (χ1n) is 7.13. The van der Waals surface area contributed by atoms with Gasteiger partial charge in [0.05, 0.1) is 18.1 Å². The summed E-state index contributed by atoms with van der Waals surface area (Å²) < 4.78 is 67.8. The van der Waals surface area contributed by atoms with E-state index in [9.17, 15) is 26.4 Å². The van der Waals surface area contributed by atoms with E-state index in [0.29, 0.717) is 18.9 Å². The van der Waals surface area contributed by atoms with Crippen LogP contribution < -0.4 is 0 Å². The number of carbonyl (C=O) groups is 1. The van der Waals surface area contributed by atoms with Crippen LogP contribution in [-0.2, 0) is 36.7 Å². The van der Waals surface area contributed by atoms with E-state index in [1.807, 2.05) is 0 Å². The molecular weight excluding hydrogens is 349 g/mol. The fraction of sp³-hybridized carbons (Fsp3) is 0.643. The maximum atomic E-state index is 13.1. The summed E-state index contributed by atoms with van der Waals surface area (Å²) in [5.74, 6) is -1.94. The summed E-state index contributed by atoms with van der Waals surface area (Å²) >= 11 is 0. The molecule has 6 nitrogen and oxygen atoms in total. The molecule has 0 unspecified atom stereocenters. The second kappa shape index (κ2) is 5.98. The number of methoxy groups -OCH3 is 1. The number of ether oxygens (including phenoxy) is 1. The topological polar surface area (TPSA) is 86.2 Å². The third kappa shape index (κ3) is 3.85. The highest BCUT2D eigenvalue weighted by atomic mass is 32.2. The monoisotopic (exact) mass is 366 g/mol. The van der Waals surface area contributed by atoms with Gasteiger partial charge >= 0.3 is 12.1 Å². The van der Waals surface area contributed by atoms with E-state index in [4.69, 9.17) is 0 Å². The van der Waals surface area contributed by atoms with Gasteiger partial charge in [-0.15, -0.1) is 0 Å². The van der Waals surface area contributed by atoms with Crippen molar-refractivity contribution < 1.29 is 31.1 Å². The van der Waals surface area contributed by atoms with E-state index in [1.54, 1.807) is 0 Å². The second-order valence-corrected chi connectivity index (χ2v) is 8.46. The molecule has 0 saturated heterocycles. The van der Waals surface area contributed by atoms with E-state index < -0.39 is 49.9 Å². The minimum atomic E-state index is -4.79. The van der Waals surface area contributed by atoms with Crippen molar-refractivity contribution in [1.29, 1.82) is 0 Å². The molecule has 1 aliphatic rings. The molecule has 0 N–H and O–H groups in total. The minimum Gasteiger partial charge on any atom is -0.468 e. The smallest absolute Gasteiger partial charge is 0.433 e. The molecule has 1 aliphatic carbocycles. The number of hydrogen-bond acceptors (Lipinski definition) is 6. The fourth-order valence-electron chi connectivity index (χ4n) is 2.11. The first-order chi connectivity index (χ1) is 10.9. The van der Waals surface area contributed by atoms with Crippen LogP contribution in [0.2, 0.25) is 0 Å². The highest BCUT2D eigenvalue weighted by molar-refractivity contribution is 7.91. The van der Waals surface area contributed by atoms with Crippen LogP contribution in [-0.4, -0.2) is 36.7 Å². The molecule has 0 spiro atoms. The molecule has 0 amide bonds. The number of halogens is 3. The van der Waals surface area contributed by atoms with Crippen LogP contribution in [0.1, 0.15) is 43.9 Å². The predicted molar refractivity (Wildman–Crippen MR) is 77.7 cm³/mol. The van der Waals surface area contributed by atoms with Crippen LogP contribution in [0.25, 0.3) is 0 Å². The SMILES string of the molecule is COC(=O)C(C)(C)c1cc(C(F)(F)F)nc(CS(=O)(=O)C2CC2)n1. The number of esters is 1. The van der Waals surface area contributed by atoms with Crippen LogP contribution in [0.15, 0.2) is 6.07 Å². The lowest BCUT2D eigenvalue weighted by Crippen LogP contribution is -2.32. The van der Waals surface area contributed by atoms with Crippen molar-refractivity contribution >= 4 is 15.8 Å². The molecule has 1 heterocycles. The largest absolute Gasteiger partial charge is 0.468 e. The number of carbonyl (C=O) groups excluding carboxylic acids is 1. The molecule has 10 heteroatoms. The Hall–Kier alpha value is -1.71. The first-order valence-corrected chi connectivity index (χ1v) is 8.85. The van der Waals surface area contributed by atoms with E-state index in [1.165, 1.54) is 13.8 Å². The van der Waals surface area contributed by atoms with Crippen molar-refractivity contribution in [3.05, 3.63) is 23.3 Å². The molecule has 0 aromatic carbocycles. The summed E-state index contributed by atoms with van der Waals surface area (Å²) in [5, 5.41) is -0.548. The van der Waals surface area contributed by atoms with Crippen molar-refractivity contribution in [3.8, 4) is 0 Å². The van der Waals surface area contributed by atoms with Gasteiger partial charge < -0.3 is 4.74 Å².